The van der Waals surface area contributed by atoms with Gasteiger partial charge in [-0.3, -0.25) is 10.1 Å². The monoisotopic (exact) mass is 570 g/mol. The molecule has 0 unspecified atom stereocenters. The van der Waals surface area contributed by atoms with Crippen molar-refractivity contribution in [3.05, 3.63) is 76.8 Å². The predicted octanol–water partition coefficient (Wildman–Crippen LogP) is 4.67. The van der Waals surface area contributed by atoms with Crippen LogP contribution in [0.5, 0.6) is 5.75 Å². The quantitative estimate of drug-likeness (QED) is 0.102. The summed E-state index contributed by atoms with van der Waals surface area (Å²) < 4.78 is 72.0. The maximum absolute atomic E-state index is 12.0. The summed E-state index contributed by atoms with van der Waals surface area (Å²) in [7, 11) is -10.6. The smallest absolute Gasteiger partial charge is 0.271 e. The van der Waals surface area contributed by atoms with Gasteiger partial charge in [-0.2, -0.15) is 10.2 Å². The van der Waals surface area contributed by atoms with Crippen molar-refractivity contribution >= 4 is 65.1 Å². The van der Waals surface area contributed by atoms with Gasteiger partial charge in [0.15, 0.2) is 5.75 Å². The Bertz CT molecular complexity index is 1910. The van der Waals surface area contributed by atoms with Crippen molar-refractivity contribution in [3.8, 4) is 5.75 Å². The van der Waals surface area contributed by atoms with Crippen LogP contribution in [-0.4, -0.2) is 36.0 Å². The average molecular weight is 571 g/mol. The van der Waals surface area contributed by atoms with E-state index in [4.69, 9.17) is 5.73 Å². The Balaban J connectivity index is 2.01. The Kier molecular flexibility index (Phi) is 7.07. The second kappa shape index (κ2) is 10.1. The first-order valence-electron chi connectivity index (χ1n) is 10.4. The maximum atomic E-state index is 12.0. The zero-order valence-electron chi connectivity index (χ0n) is 19.2. The number of non-ortho nitro benzene ring substituents is 1. The van der Waals surface area contributed by atoms with Crippen molar-refractivity contribution in [2.75, 3.05) is 5.73 Å². The number of hydrogen-bond donors (Lipinski definition) is 2. The van der Waals surface area contributed by atoms with Gasteiger partial charge >= 0.3 is 0 Å². The second-order valence-electron chi connectivity index (χ2n) is 7.73. The summed E-state index contributed by atoms with van der Waals surface area (Å²) in [5.41, 5.74) is 3.66. The number of phenolic OH excluding ortho intramolecular Hbond substituents is 1. The molecule has 0 fully saturated rings. The number of hydrogen-bond acceptors (Lipinski definition) is 14. The molecule has 15 nitrogen and oxygen atoms in total. The molecule has 0 spiro atoms. The highest BCUT2D eigenvalue weighted by Gasteiger charge is 2.24. The number of fused-ring (bicyclic) bond motifs is 1. The zero-order valence-corrected chi connectivity index (χ0v) is 20.8. The van der Waals surface area contributed by atoms with Crippen LogP contribution in [0.1, 0.15) is 0 Å². The molecule has 200 valence electrons. The van der Waals surface area contributed by atoms with Gasteiger partial charge in [0.1, 0.15) is 31.6 Å². The molecule has 39 heavy (non-hydrogen) atoms. The van der Waals surface area contributed by atoms with Gasteiger partial charge in [0.05, 0.1) is 37.2 Å². The summed E-state index contributed by atoms with van der Waals surface area (Å²) in [6, 6.07) is 14.0. The van der Waals surface area contributed by atoms with Crippen molar-refractivity contribution in [2.45, 2.75) is 9.79 Å². The van der Waals surface area contributed by atoms with Crippen LogP contribution in [0.3, 0.4) is 0 Å². The Labute approximate surface area is 219 Å². The average Bonchev–Trinajstić information content (AvgIpc) is 2.86. The number of aromatic hydroxyl groups is 1. The molecule has 0 radical (unpaired) electrons. The van der Waals surface area contributed by atoms with Gasteiger partial charge in [0, 0.05) is 12.1 Å². The van der Waals surface area contributed by atoms with E-state index in [1.807, 2.05) is 0 Å². The molecule has 0 heterocycles. The lowest BCUT2D eigenvalue weighted by atomic mass is 10.1. The highest BCUT2D eigenvalue weighted by atomic mass is 32.2. The lowest BCUT2D eigenvalue weighted by Gasteiger charge is -2.18. The SMILES string of the molecule is Nc1c(N=Nc2cccc([N+](=O)[O-])c2)c(S(=O)(=O)[O-])cc2cc(S(=O)(=O)[O-])c(N=Nc3ccccc3)c(O)c12. The lowest BCUT2D eigenvalue weighted by molar-refractivity contribution is -0.384. The number of rotatable bonds is 7. The van der Waals surface area contributed by atoms with Crippen LogP contribution in [0.2, 0.25) is 0 Å². The molecule has 0 bridgehead atoms. The van der Waals surface area contributed by atoms with Crippen LogP contribution < -0.4 is 5.73 Å². The molecule has 0 aliphatic rings. The number of nitro benzene ring substituents is 1. The molecule has 0 amide bonds. The van der Waals surface area contributed by atoms with Crippen LogP contribution in [0.4, 0.5) is 34.1 Å². The molecule has 0 aliphatic carbocycles. The summed E-state index contributed by atoms with van der Waals surface area (Å²) in [6.45, 7) is 0. The zero-order chi connectivity index (χ0) is 28.5. The van der Waals surface area contributed by atoms with E-state index in [1.54, 1.807) is 18.2 Å². The normalized spacial score (nSPS) is 12.5. The van der Waals surface area contributed by atoms with Crippen molar-refractivity contribution in [1.29, 1.82) is 0 Å². The van der Waals surface area contributed by atoms with Crippen LogP contribution in [0.25, 0.3) is 10.8 Å². The predicted molar refractivity (Wildman–Crippen MR) is 134 cm³/mol. The lowest BCUT2D eigenvalue weighted by Crippen LogP contribution is -2.04. The fourth-order valence-corrected chi connectivity index (χ4v) is 4.78. The molecule has 3 N–H and O–H groups in total. The van der Waals surface area contributed by atoms with Gasteiger partial charge in [0.2, 0.25) is 0 Å². The first-order valence-corrected chi connectivity index (χ1v) is 13.3. The van der Waals surface area contributed by atoms with Crippen molar-refractivity contribution in [1.82, 2.24) is 0 Å². The molecule has 0 atom stereocenters. The molecule has 4 aromatic rings. The maximum Gasteiger partial charge on any atom is 0.271 e. The van der Waals surface area contributed by atoms with Crippen LogP contribution in [0, 0.1) is 10.1 Å². The number of benzene rings is 4. The van der Waals surface area contributed by atoms with Gasteiger partial charge in [-0.25, -0.2) is 16.8 Å². The van der Waals surface area contributed by atoms with Crippen molar-refractivity contribution < 1.29 is 36.0 Å². The van der Waals surface area contributed by atoms with E-state index in [0.717, 1.165) is 6.07 Å². The van der Waals surface area contributed by atoms with Crippen LogP contribution in [0.15, 0.2) is 97.0 Å². The Morgan fingerprint density at radius 3 is 1.87 bits per heavy atom. The van der Waals surface area contributed by atoms with Gasteiger partial charge < -0.3 is 19.9 Å². The summed E-state index contributed by atoms with van der Waals surface area (Å²) in [5, 5.41) is 36.0. The minimum absolute atomic E-state index is 0.104. The van der Waals surface area contributed by atoms with Gasteiger partial charge in [0.25, 0.3) is 5.69 Å². The Hall–Kier alpha value is -4.84. The first kappa shape index (κ1) is 27.2. The van der Waals surface area contributed by atoms with E-state index in [1.165, 1.54) is 30.3 Å². The number of nitrogens with two attached hydrogens (primary N) is 1. The van der Waals surface area contributed by atoms with E-state index in [9.17, 15) is 41.2 Å². The molecule has 4 aromatic carbocycles. The minimum Gasteiger partial charge on any atom is -0.744 e. The third-order valence-electron chi connectivity index (χ3n) is 5.18. The fourth-order valence-electron chi connectivity index (χ4n) is 3.47. The molecular formula is C22H14N6O9S2-2. The van der Waals surface area contributed by atoms with E-state index in [0.29, 0.717) is 12.1 Å². The van der Waals surface area contributed by atoms with Gasteiger partial charge in [-0.1, -0.05) is 24.3 Å². The molecule has 0 aromatic heterocycles. The molecule has 4 rings (SSSR count). The molecule has 0 saturated heterocycles. The highest BCUT2D eigenvalue weighted by molar-refractivity contribution is 7.86. The number of nitro groups is 1. The highest BCUT2D eigenvalue weighted by Crippen LogP contribution is 2.48. The molecule has 0 saturated carbocycles. The Morgan fingerprint density at radius 2 is 1.28 bits per heavy atom. The number of nitrogen functional groups attached to an aromatic ring is 1. The molecule has 17 heteroatoms. The first-order chi connectivity index (χ1) is 18.3. The van der Waals surface area contributed by atoms with Crippen LogP contribution in [-0.2, 0) is 20.2 Å². The Morgan fingerprint density at radius 1 is 0.744 bits per heavy atom. The van der Waals surface area contributed by atoms with E-state index >= 15 is 0 Å². The van der Waals surface area contributed by atoms with Crippen molar-refractivity contribution in [3.63, 3.8) is 0 Å². The third kappa shape index (κ3) is 5.70. The summed E-state index contributed by atoms with van der Waals surface area (Å²) in [5.74, 6) is -0.972. The van der Waals surface area contributed by atoms with E-state index in [2.05, 4.69) is 20.5 Å². The number of anilines is 1. The molecular weight excluding hydrogens is 556 g/mol. The standard InChI is InChI=1S/C22H16N6O9S2/c23-19-18-12(10-17(39(35,36)37)21(22(18)29)27-24-13-5-2-1-3-6-13)9-16(38(32,33)34)20(19)26-25-14-7-4-8-15(11-14)28(30)31/h1-11,29H,23H2,(H,32,33,34)(H,35,36,37)/p-2. The van der Waals surface area contributed by atoms with Crippen LogP contribution >= 0.6 is 0 Å². The number of azo groups is 2. The number of phenols is 1. The summed E-state index contributed by atoms with van der Waals surface area (Å²) in [4.78, 5) is 8.18. The minimum atomic E-state index is -5.33. The summed E-state index contributed by atoms with van der Waals surface area (Å²) in [6.07, 6.45) is 0. The summed E-state index contributed by atoms with van der Waals surface area (Å²) >= 11 is 0. The largest absolute Gasteiger partial charge is 0.744 e. The van der Waals surface area contributed by atoms with Gasteiger partial charge in [-0.05, 0) is 35.7 Å². The van der Waals surface area contributed by atoms with Gasteiger partial charge in [-0.15, -0.1) is 10.2 Å². The van der Waals surface area contributed by atoms with Crippen molar-refractivity contribution in [2.24, 2.45) is 20.5 Å². The second-order valence-corrected chi connectivity index (χ2v) is 10.4. The number of nitrogens with zero attached hydrogens (tertiary/aromatic N) is 5. The molecule has 0 aliphatic heterocycles. The van der Waals surface area contributed by atoms with E-state index < -0.39 is 68.5 Å². The topological polar surface area (TPSA) is 253 Å². The van der Waals surface area contributed by atoms with E-state index in [-0.39, 0.29) is 17.1 Å². The third-order valence-corrected chi connectivity index (χ3v) is 6.88. The fraction of sp³-hybridized carbons (Fsp3) is 0.